The lowest BCUT2D eigenvalue weighted by Crippen LogP contribution is -2.10. The fourth-order valence-corrected chi connectivity index (χ4v) is 3.73. The summed E-state index contributed by atoms with van der Waals surface area (Å²) in [5, 5.41) is 9.86. The average molecular weight is 401 g/mol. The minimum Gasteiger partial charge on any atom is -0.495 e. The van der Waals surface area contributed by atoms with Crippen LogP contribution in [0.2, 0.25) is 5.02 Å². The van der Waals surface area contributed by atoms with Crippen molar-refractivity contribution in [1.82, 2.24) is 4.98 Å². The van der Waals surface area contributed by atoms with Crippen LogP contribution in [-0.2, 0) is 0 Å². The maximum absolute atomic E-state index is 13.2. The lowest BCUT2D eigenvalue weighted by atomic mass is 9.97. The number of nitrogens with zero attached hydrogens (tertiary/aromatic N) is 1. The quantitative estimate of drug-likeness (QED) is 0.479. The number of hydrogen-bond donors (Lipinski definition) is 1. The number of nitriles is 1. The minimum absolute atomic E-state index is 0.0769. The number of fused-ring (bicyclic) bond motifs is 1. The van der Waals surface area contributed by atoms with E-state index in [9.17, 15) is 4.79 Å². The van der Waals surface area contributed by atoms with Crippen LogP contribution in [0.15, 0.2) is 65.5 Å². The van der Waals surface area contributed by atoms with Crippen LogP contribution in [0.4, 0.5) is 0 Å². The molecule has 0 atom stereocenters. The molecule has 4 aromatic rings. The highest BCUT2D eigenvalue weighted by molar-refractivity contribution is 6.32. The van der Waals surface area contributed by atoms with Crippen LogP contribution >= 0.6 is 11.6 Å². The monoisotopic (exact) mass is 400 g/mol. The summed E-state index contributed by atoms with van der Waals surface area (Å²) in [6.07, 6.45) is 0. The maximum Gasteiger partial charge on any atom is 0.197 e. The third-order valence-electron chi connectivity index (χ3n) is 4.98. The summed E-state index contributed by atoms with van der Waals surface area (Å²) < 4.78 is 5.25. The van der Waals surface area contributed by atoms with E-state index >= 15 is 0 Å². The highest BCUT2D eigenvalue weighted by Gasteiger charge is 2.14. The van der Waals surface area contributed by atoms with Crippen LogP contribution in [0.3, 0.4) is 0 Å². The molecule has 4 rings (SSSR count). The highest BCUT2D eigenvalue weighted by atomic mass is 35.5. The summed E-state index contributed by atoms with van der Waals surface area (Å²) >= 11 is 6.23. The van der Waals surface area contributed by atoms with Gasteiger partial charge in [0.15, 0.2) is 5.43 Å². The second kappa shape index (κ2) is 7.46. The van der Waals surface area contributed by atoms with E-state index in [0.717, 1.165) is 22.4 Å². The fourth-order valence-electron chi connectivity index (χ4n) is 3.48. The summed E-state index contributed by atoms with van der Waals surface area (Å²) in [4.78, 5) is 16.5. The first-order valence-corrected chi connectivity index (χ1v) is 9.40. The van der Waals surface area contributed by atoms with Gasteiger partial charge in [-0.25, -0.2) is 0 Å². The summed E-state index contributed by atoms with van der Waals surface area (Å²) in [7, 11) is 1.54. The number of rotatable bonds is 3. The summed E-state index contributed by atoms with van der Waals surface area (Å²) in [5.74, 6) is 0.522. The minimum atomic E-state index is -0.0769. The van der Waals surface area contributed by atoms with E-state index in [1.807, 2.05) is 43.3 Å². The van der Waals surface area contributed by atoms with Gasteiger partial charge in [0.25, 0.3) is 0 Å². The predicted octanol–water partition coefficient (Wildman–Crippen LogP) is 5.70. The van der Waals surface area contributed by atoms with Crippen molar-refractivity contribution in [3.63, 3.8) is 0 Å². The molecule has 1 heterocycles. The number of H-pyrrole nitrogens is 1. The zero-order chi connectivity index (χ0) is 20.5. The van der Waals surface area contributed by atoms with Gasteiger partial charge in [0.05, 0.1) is 29.3 Å². The molecule has 0 bridgehead atoms. The Morgan fingerprint density at radius 2 is 1.55 bits per heavy atom. The van der Waals surface area contributed by atoms with Crippen molar-refractivity contribution in [2.75, 3.05) is 7.11 Å². The summed E-state index contributed by atoms with van der Waals surface area (Å²) in [6.45, 7) is 1.88. The van der Waals surface area contributed by atoms with Crippen molar-refractivity contribution < 1.29 is 4.74 Å². The largest absolute Gasteiger partial charge is 0.495 e. The zero-order valence-electron chi connectivity index (χ0n) is 15.9. The van der Waals surface area contributed by atoms with E-state index in [4.69, 9.17) is 21.6 Å². The van der Waals surface area contributed by atoms with Crippen molar-refractivity contribution >= 4 is 22.5 Å². The molecule has 0 saturated heterocycles. The second-order valence-corrected chi connectivity index (χ2v) is 7.16. The Kier molecular flexibility index (Phi) is 4.84. The van der Waals surface area contributed by atoms with Gasteiger partial charge in [-0.05, 0) is 41.8 Å². The number of pyridine rings is 1. The topological polar surface area (TPSA) is 65.9 Å². The average Bonchev–Trinajstić information content (AvgIpc) is 2.74. The molecule has 0 radical (unpaired) electrons. The third-order valence-corrected chi connectivity index (χ3v) is 5.28. The van der Waals surface area contributed by atoms with Crippen LogP contribution in [0.1, 0.15) is 11.3 Å². The number of benzene rings is 3. The smallest absolute Gasteiger partial charge is 0.197 e. The first kappa shape index (κ1) is 18.8. The van der Waals surface area contributed by atoms with Crippen LogP contribution in [0.25, 0.3) is 33.2 Å². The van der Waals surface area contributed by atoms with Crippen LogP contribution in [0, 0.1) is 18.3 Å². The molecule has 4 nitrogen and oxygen atoms in total. The molecule has 0 fully saturated rings. The van der Waals surface area contributed by atoms with E-state index in [1.54, 1.807) is 31.4 Å². The molecule has 1 aromatic heterocycles. The Labute approximate surface area is 173 Å². The number of aryl methyl sites for hydroxylation is 1. The molecule has 0 saturated carbocycles. The lowest BCUT2D eigenvalue weighted by molar-refractivity contribution is 0.415. The molecule has 5 heteroatoms. The molecule has 29 heavy (non-hydrogen) atoms. The zero-order valence-corrected chi connectivity index (χ0v) is 16.7. The van der Waals surface area contributed by atoms with Gasteiger partial charge in [-0.15, -0.1) is 0 Å². The van der Waals surface area contributed by atoms with Crippen molar-refractivity contribution in [3.05, 3.63) is 87.2 Å². The number of nitrogens with one attached hydrogen (secondary N) is 1. The Morgan fingerprint density at radius 1 is 0.966 bits per heavy atom. The number of aromatic amines is 1. The Morgan fingerprint density at radius 3 is 2.14 bits per heavy atom. The molecule has 0 amide bonds. The molecular weight excluding hydrogens is 384 g/mol. The predicted molar refractivity (Wildman–Crippen MR) is 116 cm³/mol. The second-order valence-electron chi connectivity index (χ2n) is 6.75. The van der Waals surface area contributed by atoms with Gasteiger partial charge < -0.3 is 9.72 Å². The molecule has 0 unspecified atom stereocenters. The van der Waals surface area contributed by atoms with Gasteiger partial charge in [0.2, 0.25) is 0 Å². The van der Waals surface area contributed by atoms with Crippen LogP contribution in [-0.4, -0.2) is 12.1 Å². The molecule has 1 N–H and O–H groups in total. The van der Waals surface area contributed by atoms with E-state index in [-0.39, 0.29) is 5.43 Å². The highest BCUT2D eigenvalue weighted by Crippen LogP contribution is 2.30. The molecular formula is C24H17ClN2O2. The van der Waals surface area contributed by atoms with Crippen LogP contribution in [0.5, 0.6) is 5.75 Å². The van der Waals surface area contributed by atoms with E-state index < -0.39 is 0 Å². The van der Waals surface area contributed by atoms with E-state index in [2.05, 4.69) is 11.1 Å². The Hall–Kier alpha value is -3.55. The first-order chi connectivity index (χ1) is 14.0. The van der Waals surface area contributed by atoms with E-state index in [1.165, 1.54) is 0 Å². The van der Waals surface area contributed by atoms with Crippen molar-refractivity contribution in [3.8, 4) is 34.1 Å². The molecule has 0 aliphatic carbocycles. The van der Waals surface area contributed by atoms with Crippen molar-refractivity contribution in [1.29, 1.82) is 5.26 Å². The number of methoxy groups -OCH3 is 1. The maximum atomic E-state index is 13.2. The van der Waals surface area contributed by atoms with Gasteiger partial charge in [0, 0.05) is 22.7 Å². The van der Waals surface area contributed by atoms with E-state index in [0.29, 0.717) is 32.8 Å². The van der Waals surface area contributed by atoms with Crippen LogP contribution < -0.4 is 10.2 Å². The SMILES string of the molecule is COc1cc2[nH]c(C)c(-c3ccc(-c4ccc(C#N)cc4)cc3)c(=O)c2cc1Cl. The Bertz CT molecular complexity index is 1320. The number of hydrogen-bond acceptors (Lipinski definition) is 3. The summed E-state index contributed by atoms with van der Waals surface area (Å²) in [6, 6.07) is 20.7. The standard InChI is InChI=1S/C24H17ClN2O2/c1-14-23(24(28)19-11-20(25)22(29-2)12-21(19)27-14)18-9-7-17(8-10-18)16-5-3-15(13-26)4-6-16/h3-12H,1-2H3,(H,27,28). The normalized spacial score (nSPS) is 10.7. The van der Waals surface area contributed by atoms with Crippen molar-refractivity contribution in [2.24, 2.45) is 0 Å². The Balaban J connectivity index is 1.80. The summed E-state index contributed by atoms with van der Waals surface area (Å²) in [5.41, 5.74) is 5.48. The third kappa shape index (κ3) is 3.37. The van der Waals surface area contributed by atoms with Gasteiger partial charge in [0.1, 0.15) is 5.75 Å². The number of halogens is 1. The van der Waals surface area contributed by atoms with Gasteiger partial charge in [-0.2, -0.15) is 5.26 Å². The van der Waals surface area contributed by atoms with Gasteiger partial charge in [-0.3, -0.25) is 4.79 Å². The molecule has 142 valence electrons. The first-order valence-electron chi connectivity index (χ1n) is 9.03. The molecule has 0 aliphatic heterocycles. The number of aromatic nitrogens is 1. The molecule has 0 aliphatic rings. The fraction of sp³-hybridized carbons (Fsp3) is 0.0833. The van der Waals surface area contributed by atoms with Crippen molar-refractivity contribution in [2.45, 2.75) is 6.92 Å². The lowest BCUT2D eigenvalue weighted by Gasteiger charge is -2.11. The molecule has 3 aromatic carbocycles. The molecule has 0 spiro atoms. The number of ether oxygens (including phenoxy) is 1. The van der Waals surface area contributed by atoms with Gasteiger partial charge in [-0.1, -0.05) is 48.0 Å². The van der Waals surface area contributed by atoms with Gasteiger partial charge >= 0.3 is 0 Å².